The van der Waals surface area contributed by atoms with Crippen molar-refractivity contribution in [2.24, 2.45) is 0 Å². The van der Waals surface area contributed by atoms with Crippen molar-refractivity contribution in [3.05, 3.63) is 79.0 Å². The summed E-state index contributed by atoms with van der Waals surface area (Å²) in [4.78, 5) is 19.8. The molecule has 0 saturated carbocycles. The van der Waals surface area contributed by atoms with Crippen LogP contribution in [0.4, 0.5) is 5.82 Å². The number of benzene rings is 2. The zero-order valence-corrected chi connectivity index (χ0v) is 15.2. The third-order valence-electron chi connectivity index (χ3n) is 4.68. The molecular formula is C22H20N4O2. The predicted molar refractivity (Wildman–Crippen MR) is 109 cm³/mol. The number of nitrogens with zero attached hydrogens (tertiary/aromatic N) is 3. The van der Waals surface area contributed by atoms with E-state index >= 15 is 0 Å². The number of anilines is 1. The van der Waals surface area contributed by atoms with Gasteiger partial charge in [-0.2, -0.15) is 0 Å². The fourth-order valence-electron chi connectivity index (χ4n) is 3.24. The number of carboxylic acid groups (broad SMARTS) is 1. The van der Waals surface area contributed by atoms with Crippen LogP contribution in [0.5, 0.6) is 0 Å². The minimum absolute atomic E-state index is 0.275. The molecule has 0 bridgehead atoms. The SMILES string of the molecule is O=C(O)c1ccc(-c2cnc(NCCCn3ccnc3)c3ccccc23)cc1. The lowest BCUT2D eigenvalue weighted by atomic mass is 9.99. The van der Waals surface area contributed by atoms with Crippen molar-refractivity contribution in [2.45, 2.75) is 13.0 Å². The maximum absolute atomic E-state index is 11.1. The molecule has 0 aliphatic heterocycles. The number of aromatic nitrogens is 3. The van der Waals surface area contributed by atoms with Crippen molar-refractivity contribution in [2.75, 3.05) is 11.9 Å². The smallest absolute Gasteiger partial charge is 0.335 e. The maximum Gasteiger partial charge on any atom is 0.335 e. The Hall–Kier alpha value is -3.67. The lowest BCUT2D eigenvalue weighted by molar-refractivity contribution is 0.0697. The van der Waals surface area contributed by atoms with Gasteiger partial charge in [-0.25, -0.2) is 14.8 Å². The number of nitrogens with one attached hydrogen (secondary N) is 1. The number of imidazole rings is 1. The Labute approximate surface area is 162 Å². The summed E-state index contributed by atoms with van der Waals surface area (Å²) < 4.78 is 2.05. The van der Waals surface area contributed by atoms with Gasteiger partial charge < -0.3 is 15.0 Å². The minimum Gasteiger partial charge on any atom is -0.478 e. The topological polar surface area (TPSA) is 80.0 Å². The number of carboxylic acids is 1. The van der Waals surface area contributed by atoms with Crippen LogP contribution in [0.15, 0.2) is 73.4 Å². The molecule has 0 radical (unpaired) electrons. The van der Waals surface area contributed by atoms with Gasteiger partial charge in [0.2, 0.25) is 0 Å². The van der Waals surface area contributed by atoms with Crippen LogP contribution in [0.2, 0.25) is 0 Å². The zero-order valence-electron chi connectivity index (χ0n) is 15.2. The number of hydrogen-bond donors (Lipinski definition) is 2. The Morgan fingerprint density at radius 1 is 1.07 bits per heavy atom. The number of fused-ring (bicyclic) bond motifs is 1. The molecule has 0 saturated heterocycles. The number of carbonyl (C=O) groups is 1. The Morgan fingerprint density at radius 3 is 2.57 bits per heavy atom. The van der Waals surface area contributed by atoms with Crippen LogP contribution in [0.25, 0.3) is 21.9 Å². The number of aromatic carboxylic acids is 1. The molecule has 0 spiro atoms. The second-order valence-electron chi connectivity index (χ2n) is 6.53. The molecule has 2 heterocycles. The van der Waals surface area contributed by atoms with Gasteiger partial charge in [-0.15, -0.1) is 0 Å². The minimum atomic E-state index is -0.926. The molecule has 2 aromatic heterocycles. The Bertz CT molecular complexity index is 1090. The van der Waals surface area contributed by atoms with Crippen molar-refractivity contribution in [1.82, 2.24) is 14.5 Å². The molecule has 28 heavy (non-hydrogen) atoms. The summed E-state index contributed by atoms with van der Waals surface area (Å²) in [6, 6.07) is 15.0. The van der Waals surface area contributed by atoms with Gasteiger partial charge in [-0.1, -0.05) is 36.4 Å². The molecule has 2 aromatic carbocycles. The highest BCUT2D eigenvalue weighted by atomic mass is 16.4. The molecule has 0 aliphatic carbocycles. The van der Waals surface area contributed by atoms with E-state index in [-0.39, 0.29) is 5.56 Å². The molecule has 4 rings (SSSR count). The zero-order chi connectivity index (χ0) is 19.3. The first-order valence-electron chi connectivity index (χ1n) is 9.13. The summed E-state index contributed by atoms with van der Waals surface area (Å²) in [5, 5.41) is 14.6. The molecule has 0 unspecified atom stereocenters. The van der Waals surface area contributed by atoms with Gasteiger partial charge in [0.1, 0.15) is 5.82 Å². The first-order valence-corrected chi connectivity index (χ1v) is 9.13. The van der Waals surface area contributed by atoms with Crippen LogP contribution in [0.3, 0.4) is 0 Å². The van der Waals surface area contributed by atoms with E-state index in [0.717, 1.165) is 47.2 Å². The number of pyridine rings is 1. The van der Waals surface area contributed by atoms with E-state index in [0.29, 0.717) is 0 Å². The third kappa shape index (κ3) is 3.71. The summed E-state index contributed by atoms with van der Waals surface area (Å²) in [5.74, 6) is -0.0723. The molecule has 2 N–H and O–H groups in total. The molecule has 0 aliphatic rings. The van der Waals surface area contributed by atoms with Crippen LogP contribution in [-0.2, 0) is 6.54 Å². The summed E-state index contributed by atoms with van der Waals surface area (Å²) in [5.41, 5.74) is 2.20. The van der Waals surface area contributed by atoms with E-state index < -0.39 is 5.97 Å². The Kier molecular flexibility index (Phi) is 5.01. The average Bonchev–Trinajstić information content (AvgIpc) is 3.25. The second-order valence-corrected chi connectivity index (χ2v) is 6.53. The summed E-state index contributed by atoms with van der Waals surface area (Å²) in [6.07, 6.45) is 8.36. The number of rotatable bonds is 7. The van der Waals surface area contributed by atoms with Crippen molar-refractivity contribution in [3.63, 3.8) is 0 Å². The van der Waals surface area contributed by atoms with E-state index in [2.05, 4.69) is 32.0 Å². The second kappa shape index (κ2) is 7.92. The third-order valence-corrected chi connectivity index (χ3v) is 4.68. The lowest BCUT2D eigenvalue weighted by Gasteiger charge is -2.12. The standard InChI is InChI=1S/C22H20N4O2/c27-22(28)17-8-6-16(7-9-17)20-14-25-21(19-5-2-1-4-18(19)20)24-10-3-12-26-13-11-23-15-26/h1-2,4-9,11,13-15H,3,10,12H2,(H,24,25)(H,27,28). The predicted octanol–water partition coefficient (Wildman–Crippen LogP) is 4.30. The molecule has 0 atom stereocenters. The van der Waals surface area contributed by atoms with Crippen molar-refractivity contribution in [3.8, 4) is 11.1 Å². The molecule has 6 nitrogen and oxygen atoms in total. The van der Waals surface area contributed by atoms with Crippen molar-refractivity contribution in [1.29, 1.82) is 0 Å². The highest BCUT2D eigenvalue weighted by Gasteiger charge is 2.10. The Morgan fingerprint density at radius 2 is 1.86 bits per heavy atom. The monoisotopic (exact) mass is 372 g/mol. The van der Waals surface area contributed by atoms with Crippen LogP contribution in [0.1, 0.15) is 16.8 Å². The highest BCUT2D eigenvalue weighted by Crippen LogP contribution is 2.31. The first kappa shape index (κ1) is 17.7. The van der Waals surface area contributed by atoms with Crippen LogP contribution in [-0.4, -0.2) is 32.2 Å². The van der Waals surface area contributed by atoms with E-state index in [1.54, 1.807) is 18.3 Å². The Balaban J connectivity index is 1.57. The van der Waals surface area contributed by atoms with E-state index in [9.17, 15) is 4.79 Å². The van der Waals surface area contributed by atoms with Crippen molar-refractivity contribution >= 4 is 22.6 Å². The molecule has 6 heteroatoms. The van der Waals surface area contributed by atoms with Crippen LogP contribution < -0.4 is 5.32 Å². The van der Waals surface area contributed by atoms with Gasteiger partial charge in [-0.05, 0) is 29.5 Å². The summed E-state index contributed by atoms with van der Waals surface area (Å²) >= 11 is 0. The van der Waals surface area contributed by atoms with Gasteiger partial charge in [0.05, 0.1) is 11.9 Å². The number of aryl methyl sites for hydroxylation is 1. The van der Waals surface area contributed by atoms with Gasteiger partial charge in [0.25, 0.3) is 0 Å². The van der Waals surface area contributed by atoms with Gasteiger partial charge in [-0.3, -0.25) is 0 Å². The van der Waals surface area contributed by atoms with Crippen LogP contribution in [0, 0.1) is 0 Å². The molecule has 0 amide bonds. The molecule has 140 valence electrons. The maximum atomic E-state index is 11.1. The molecule has 0 fully saturated rings. The summed E-state index contributed by atoms with van der Waals surface area (Å²) in [7, 11) is 0. The fraction of sp³-hybridized carbons (Fsp3) is 0.136. The lowest BCUT2D eigenvalue weighted by Crippen LogP contribution is -2.07. The number of hydrogen-bond acceptors (Lipinski definition) is 4. The first-order chi connectivity index (χ1) is 13.7. The van der Waals surface area contributed by atoms with E-state index in [1.807, 2.05) is 43.0 Å². The van der Waals surface area contributed by atoms with E-state index in [1.165, 1.54) is 0 Å². The normalized spacial score (nSPS) is 10.9. The summed E-state index contributed by atoms with van der Waals surface area (Å²) in [6.45, 7) is 1.71. The quantitative estimate of drug-likeness (QED) is 0.473. The largest absolute Gasteiger partial charge is 0.478 e. The highest BCUT2D eigenvalue weighted by molar-refractivity contribution is 6.02. The van der Waals surface area contributed by atoms with Gasteiger partial charge >= 0.3 is 5.97 Å². The van der Waals surface area contributed by atoms with Crippen LogP contribution >= 0.6 is 0 Å². The van der Waals surface area contributed by atoms with Gasteiger partial charge in [0.15, 0.2) is 0 Å². The van der Waals surface area contributed by atoms with Crippen molar-refractivity contribution < 1.29 is 9.90 Å². The van der Waals surface area contributed by atoms with E-state index in [4.69, 9.17) is 5.11 Å². The fourth-order valence-corrected chi connectivity index (χ4v) is 3.24. The molecular weight excluding hydrogens is 352 g/mol. The average molecular weight is 372 g/mol. The molecule has 4 aromatic rings. The van der Waals surface area contributed by atoms with Gasteiger partial charge in [0, 0.05) is 42.6 Å².